The van der Waals surface area contributed by atoms with Crippen LogP contribution in [0.1, 0.15) is 91.0 Å². The number of para-hydroxylation sites is 1. The number of aryl methyl sites for hydroxylation is 2. The molecule has 2 aromatic rings. The fourth-order valence-electron chi connectivity index (χ4n) is 4.61. The summed E-state index contributed by atoms with van der Waals surface area (Å²) in [6.45, 7) is 19.3. The summed E-state index contributed by atoms with van der Waals surface area (Å²) in [5, 5.41) is 5.88. The molecule has 3 atom stereocenters. The first-order valence-corrected chi connectivity index (χ1v) is 14.4. The van der Waals surface area contributed by atoms with Crippen LogP contribution >= 0.6 is 0 Å². The lowest BCUT2D eigenvalue weighted by Crippen LogP contribution is -2.56. The lowest BCUT2D eigenvalue weighted by atomic mass is 9.94. The maximum atomic E-state index is 14.5. The van der Waals surface area contributed by atoms with Gasteiger partial charge in [0.2, 0.25) is 5.91 Å². The molecule has 0 bridgehead atoms. The van der Waals surface area contributed by atoms with Gasteiger partial charge in [0.1, 0.15) is 17.7 Å². The summed E-state index contributed by atoms with van der Waals surface area (Å²) in [6, 6.07) is 13.2. The molecule has 2 N–H and O–H groups in total. The van der Waals surface area contributed by atoms with Crippen LogP contribution in [-0.2, 0) is 14.3 Å². The summed E-state index contributed by atoms with van der Waals surface area (Å²) >= 11 is 0. The average Bonchev–Trinajstić information content (AvgIpc) is 2.84. The smallest absolute Gasteiger partial charge is 0.408 e. The van der Waals surface area contributed by atoms with E-state index in [0.29, 0.717) is 18.0 Å². The first-order valence-electron chi connectivity index (χ1n) is 14.4. The molecule has 0 aromatic heterocycles. The minimum Gasteiger partial charge on any atom is -0.444 e. The van der Waals surface area contributed by atoms with E-state index in [2.05, 4.69) is 24.5 Å². The van der Waals surface area contributed by atoms with Crippen LogP contribution in [-0.4, -0.2) is 40.5 Å². The van der Waals surface area contributed by atoms with Gasteiger partial charge in [0, 0.05) is 11.7 Å². The highest BCUT2D eigenvalue weighted by molar-refractivity contribution is 5.99. The highest BCUT2D eigenvalue weighted by Gasteiger charge is 2.40. The molecule has 40 heavy (non-hydrogen) atoms. The van der Waals surface area contributed by atoms with E-state index in [1.807, 2.05) is 83.1 Å². The summed E-state index contributed by atoms with van der Waals surface area (Å²) in [4.78, 5) is 43.1. The molecule has 0 aliphatic heterocycles. The summed E-state index contributed by atoms with van der Waals surface area (Å²) < 4.78 is 5.49. The first-order chi connectivity index (χ1) is 18.6. The van der Waals surface area contributed by atoms with E-state index in [4.69, 9.17) is 4.74 Å². The maximum Gasteiger partial charge on any atom is 0.408 e. The van der Waals surface area contributed by atoms with Crippen LogP contribution in [0, 0.1) is 25.7 Å². The first kappa shape index (κ1) is 32.9. The monoisotopic (exact) mass is 551 g/mol. The molecular formula is C33H49N3O4. The third-order valence-electron chi connectivity index (χ3n) is 6.78. The minimum absolute atomic E-state index is 0.239. The van der Waals surface area contributed by atoms with Crippen molar-refractivity contribution in [1.29, 1.82) is 0 Å². The Balaban J connectivity index is 2.62. The topological polar surface area (TPSA) is 87.7 Å². The molecule has 0 spiro atoms. The van der Waals surface area contributed by atoms with Gasteiger partial charge in [-0.2, -0.15) is 0 Å². The number of alkyl carbamates (subject to hydrolysis) is 1. The van der Waals surface area contributed by atoms with Crippen molar-refractivity contribution in [3.63, 3.8) is 0 Å². The number of rotatable bonds is 11. The second-order valence-electron chi connectivity index (χ2n) is 12.6. The van der Waals surface area contributed by atoms with Gasteiger partial charge in [0.25, 0.3) is 5.91 Å². The lowest BCUT2D eigenvalue weighted by molar-refractivity contribution is -0.144. The third kappa shape index (κ3) is 9.68. The summed E-state index contributed by atoms with van der Waals surface area (Å²) in [5.74, 6) is -0.427. The molecule has 0 aliphatic rings. The SMILES string of the molecule is Cc1cccc(C(C(=O)Nc2ccccc2C)N(C(=O)C(NC(=O)OC(C)(C)C)C(C)C)C(C)CCC(C)C)c1. The molecule has 2 aromatic carbocycles. The number of carbonyl (C=O) groups is 3. The Labute approximate surface area is 241 Å². The normalized spacial score (nSPS) is 13.9. The Bertz CT molecular complexity index is 1150. The minimum atomic E-state index is -0.907. The molecule has 0 saturated heterocycles. The van der Waals surface area contributed by atoms with Crippen molar-refractivity contribution < 1.29 is 19.1 Å². The fourth-order valence-corrected chi connectivity index (χ4v) is 4.61. The third-order valence-corrected chi connectivity index (χ3v) is 6.78. The molecule has 7 nitrogen and oxygen atoms in total. The lowest BCUT2D eigenvalue weighted by Gasteiger charge is -2.39. The number of benzene rings is 2. The molecule has 3 unspecified atom stereocenters. The number of nitrogens with zero attached hydrogens (tertiary/aromatic N) is 1. The van der Waals surface area contributed by atoms with Gasteiger partial charge in [-0.05, 0) is 83.4 Å². The van der Waals surface area contributed by atoms with Gasteiger partial charge in [-0.15, -0.1) is 0 Å². The van der Waals surface area contributed by atoms with Gasteiger partial charge in [-0.1, -0.05) is 75.7 Å². The van der Waals surface area contributed by atoms with Gasteiger partial charge >= 0.3 is 6.09 Å². The predicted molar refractivity (Wildman–Crippen MR) is 162 cm³/mol. The Hall–Kier alpha value is -3.35. The summed E-state index contributed by atoms with van der Waals surface area (Å²) in [5.41, 5.74) is 2.61. The van der Waals surface area contributed by atoms with Crippen molar-refractivity contribution in [1.82, 2.24) is 10.2 Å². The highest BCUT2D eigenvalue weighted by Crippen LogP contribution is 2.30. The molecule has 0 radical (unpaired) electrons. The zero-order valence-electron chi connectivity index (χ0n) is 26.0. The van der Waals surface area contributed by atoms with E-state index in [0.717, 1.165) is 23.1 Å². The molecular weight excluding hydrogens is 502 g/mol. The highest BCUT2D eigenvalue weighted by atomic mass is 16.6. The largest absolute Gasteiger partial charge is 0.444 e. The maximum absolute atomic E-state index is 14.5. The predicted octanol–water partition coefficient (Wildman–Crippen LogP) is 7.19. The molecule has 7 heteroatoms. The zero-order chi connectivity index (χ0) is 30.2. The molecule has 0 fully saturated rings. The van der Waals surface area contributed by atoms with Crippen molar-refractivity contribution in [3.8, 4) is 0 Å². The Morgan fingerprint density at radius 2 is 1.55 bits per heavy atom. The number of ether oxygens (including phenoxy) is 1. The van der Waals surface area contributed by atoms with Gasteiger partial charge < -0.3 is 20.3 Å². The van der Waals surface area contributed by atoms with E-state index >= 15 is 0 Å². The molecule has 0 heterocycles. The average molecular weight is 552 g/mol. The number of amides is 3. The molecule has 0 aliphatic carbocycles. The van der Waals surface area contributed by atoms with Crippen molar-refractivity contribution in [3.05, 3.63) is 65.2 Å². The zero-order valence-corrected chi connectivity index (χ0v) is 26.0. The number of anilines is 1. The van der Waals surface area contributed by atoms with Crippen LogP contribution in [0.2, 0.25) is 0 Å². The van der Waals surface area contributed by atoms with E-state index in [1.165, 1.54) is 0 Å². The number of carbonyl (C=O) groups excluding carboxylic acids is 3. The fraction of sp³-hybridized carbons (Fsp3) is 0.545. The van der Waals surface area contributed by atoms with Crippen molar-refractivity contribution in [2.45, 2.75) is 106 Å². The van der Waals surface area contributed by atoms with E-state index < -0.39 is 23.8 Å². The second kappa shape index (κ2) is 14.3. The van der Waals surface area contributed by atoms with Crippen molar-refractivity contribution in [2.24, 2.45) is 11.8 Å². The van der Waals surface area contributed by atoms with Crippen LogP contribution in [0.5, 0.6) is 0 Å². The van der Waals surface area contributed by atoms with Gasteiger partial charge in [-0.3, -0.25) is 9.59 Å². The Morgan fingerprint density at radius 1 is 0.900 bits per heavy atom. The molecule has 2 rings (SSSR count). The van der Waals surface area contributed by atoms with E-state index in [1.54, 1.807) is 25.7 Å². The van der Waals surface area contributed by atoms with E-state index in [9.17, 15) is 14.4 Å². The molecule has 0 saturated carbocycles. The van der Waals surface area contributed by atoms with Crippen LogP contribution in [0.15, 0.2) is 48.5 Å². The van der Waals surface area contributed by atoms with Crippen LogP contribution in [0.4, 0.5) is 10.5 Å². The Morgan fingerprint density at radius 3 is 2.10 bits per heavy atom. The standard InChI is InChI=1S/C33H49N3O4/c1-21(2)18-19-25(7)36(31(38)28(22(3)4)35-32(39)40-33(8,9)10)29(26-16-13-14-23(5)20-26)30(37)34-27-17-12-11-15-24(27)6/h11-17,20-22,25,28-29H,18-19H2,1-10H3,(H,34,37)(H,35,39). The second-order valence-corrected chi connectivity index (χ2v) is 12.6. The van der Waals surface area contributed by atoms with Crippen molar-refractivity contribution >= 4 is 23.6 Å². The number of nitrogens with one attached hydrogen (secondary N) is 2. The van der Waals surface area contributed by atoms with Crippen molar-refractivity contribution in [2.75, 3.05) is 5.32 Å². The quantitative estimate of drug-likeness (QED) is 0.309. The molecule has 3 amide bonds. The van der Waals surface area contributed by atoms with Gasteiger partial charge in [0.15, 0.2) is 0 Å². The van der Waals surface area contributed by atoms with Crippen LogP contribution in [0.3, 0.4) is 0 Å². The van der Waals surface area contributed by atoms with Crippen LogP contribution < -0.4 is 10.6 Å². The number of hydrogen-bond donors (Lipinski definition) is 2. The van der Waals surface area contributed by atoms with Crippen LogP contribution in [0.25, 0.3) is 0 Å². The summed E-state index contributed by atoms with van der Waals surface area (Å²) in [7, 11) is 0. The van der Waals surface area contributed by atoms with Gasteiger partial charge in [-0.25, -0.2) is 4.79 Å². The summed E-state index contributed by atoms with van der Waals surface area (Å²) in [6.07, 6.45) is 0.933. The number of hydrogen-bond acceptors (Lipinski definition) is 4. The van der Waals surface area contributed by atoms with Gasteiger partial charge in [0.05, 0.1) is 0 Å². The van der Waals surface area contributed by atoms with E-state index in [-0.39, 0.29) is 23.8 Å². The Kier molecular flexibility index (Phi) is 11.8. The molecule has 220 valence electrons.